The Morgan fingerprint density at radius 3 is 2.54 bits per heavy atom. The molecule has 0 amide bonds. The van der Waals surface area contributed by atoms with E-state index < -0.39 is 32.3 Å². The molecule has 0 saturated carbocycles. The van der Waals surface area contributed by atoms with Crippen LogP contribution in [0.1, 0.15) is 15.9 Å². The maximum atomic E-state index is 13.8. The van der Waals surface area contributed by atoms with Gasteiger partial charge < -0.3 is 19.4 Å². The van der Waals surface area contributed by atoms with E-state index in [1.807, 2.05) is 0 Å². The van der Waals surface area contributed by atoms with Crippen LogP contribution in [0.5, 0.6) is 11.5 Å². The van der Waals surface area contributed by atoms with E-state index in [1.165, 1.54) is 14.2 Å². The summed E-state index contributed by atoms with van der Waals surface area (Å²) >= 11 is 0. The average molecular weight is 382 g/mol. The zero-order valence-corrected chi connectivity index (χ0v) is 14.9. The third-order valence-electron chi connectivity index (χ3n) is 3.63. The molecule has 2 aromatic carbocycles. The summed E-state index contributed by atoms with van der Waals surface area (Å²) < 4.78 is 51.1. The molecular formula is C17H17FNO6S-. The number of carbonyl (C=O) groups is 1. The minimum atomic E-state index is -4.24. The monoisotopic (exact) mass is 382 g/mol. The molecule has 0 spiro atoms. The maximum absolute atomic E-state index is 13.8. The first-order valence-corrected chi connectivity index (χ1v) is 8.99. The molecule has 140 valence electrons. The van der Waals surface area contributed by atoms with Crippen molar-refractivity contribution in [2.75, 3.05) is 20.8 Å². The fraction of sp³-hybridized carbons (Fsp3) is 0.235. The lowest BCUT2D eigenvalue weighted by Crippen LogP contribution is -2.28. The predicted octanol–water partition coefficient (Wildman–Crippen LogP) is 0.727. The number of carbonyl (C=O) groups excluding carboxylic acids is 1. The Bertz CT molecular complexity index is 913. The molecular weight excluding hydrogens is 365 g/mol. The van der Waals surface area contributed by atoms with E-state index in [0.717, 1.165) is 18.2 Å². The fourth-order valence-corrected chi connectivity index (χ4v) is 3.52. The van der Waals surface area contributed by atoms with Crippen molar-refractivity contribution in [3.63, 3.8) is 0 Å². The number of nitrogens with one attached hydrogen (secondary N) is 1. The van der Waals surface area contributed by atoms with Gasteiger partial charge in [0.25, 0.3) is 0 Å². The van der Waals surface area contributed by atoms with Crippen LogP contribution >= 0.6 is 0 Å². The lowest BCUT2D eigenvalue weighted by atomic mass is 10.1. The first kappa shape index (κ1) is 19.7. The van der Waals surface area contributed by atoms with E-state index in [2.05, 4.69) is 4.72 Å². The van der Waals surface area contributed by atoms with Crippen molar-refractivity contribution < 1.29 is 32.2 Å². The minimum Gasteiger partial charge on any atom is -0.545 e. The number of para-hydroxylation sites is 1. The van der Waals surface area contributed by atoms with Crippen LogP contribution in [0.4, 0.5) is 4.39 Å². The zero-order valence-electron chi connectivity index (χ0n) is 14.1. The number of carboxylic acids is 1. The Hall–Kier alpha value is -2.65. The maximum Gasteiger partial charge on any atom is 0.243 e. The minimum absolute atomic E-state index is 0.0547. The van der Waals surface area contributed by atoms with Gasteiger partial charge in [-0.05, 0) is 35.7 Å². The number of aromatic carboxylic acids is 1. The molecule has 9 heteroatoms. The Morgan fingerprint density at radius 1 is 1.19 bits per heavy atom. The van der Waals surface area contributed by atoms with Crippen LogP contribution in [-0.2, 0) is 16.4 Å². The molecule has 0 heterocycles. The lowest BCUT2D eigenvalue weighted by molar-refractivity contribution is -0.255. The molecule has 2 aromatic rings. The molecule has 0 aliphatic carbocycles. The summed E-state index contributed by atoms with van der Waals surface area (Å²) in [5, 5.41) is 10.8. The van der Waals surface area contributed by atoms with Crippen LogP contribution in [0, 0.1) is 5.82 Å². The van der Waals surface area contributed by atoms with E-state index >= 15 is 0 Å². The molecule has 0 atom stereocenters. The topological polar surface area (TPSA) is 105 Å². The van der Waals surface area contributed by atoms with Crippen molar-refractivity contribution in [2.45, 2.75) is 11.3 Å². The number of benzene rings is 2. The molecule has 0 fully saturated rings. The van der Waals surface area contributed by atoms with Gasteiger partial charge >= 0.3 is 0 Å². The number of hydrogen-bond donors (Lipinski definition) is 1. The Balaban J connectivity index is 2.17. The Labute approximate surface area is 150 Å². The molecule has 0 aromatic heterocycles. The number of ether oxygens (including phenoxy) is 2. The van der Waals surface area contributed by atoms with Crippen molar-refractivity contribution in [3.8, 4) is 11.5 Å². The zero-order chi connectivity index (χ0) is 19.3. The first-order valence-electron chi connectivity index (χ1n) is 7.50. The molecule has 7 nitrogen and oxygen atoms in total. The molecule has 0 saturated heterocycles. The SMILES string of the molecule is COc1cccc(CCNS(=O)(=O)c2cc(C(=O)[O-])ccc2F)c1OC. The van der Waals surface area contributed by atoms with Crippen molar-refractivity contribution in [2.24, 2.45) is 0 Å². The van der Waals surface area contributed by atoms with Gasteiger partial charge in [0.1, 0.15) is 10.7 Å². The number of methoxy groups -OCH3 is 2. The highest BCUT2D eigenvalue weighted by molar-refractivity contribution is 7.89. The van der Waals surface area contributed by atoms with Crippen molar-refractivity contribution in [1.29, 1.82) is 0 Å². The van der Waals surface area contributed by atoms with Gasteiger partial charge in [-0.2, -0.15) is 0 Å². The third-order valence-corrected chi connectivity index (χ3v) is 5.10. The molecule has 0 radical (unpaired) electrons. The Morgan fingerprint density at radius 2 is 1.92 bits per heavy atom. The van der Waals surface area contributed by atoms with Crippen LogP contribution in [-0.4, -0.2) is 35.2 Å². The van der Waals surface area contributed by atoms with E-state index in [0.29, 0.717) is 17.1 Å². The van der Waals surface area contributed by atoms with E-state index in [1.54, 1.807) is 18.2 Å². The van der Waals surface area contributed by atoms with Crippen molar-refractivity contribution in [3.05, 3.63) is 53.3 Å². The molecule has 1 N–H and O–H groups in total. The van der Waals surface area contributed by atoms with Gasteiger partial charge in [0.2, 0.25) is 10.0 Å². The van der Waals surface area contributed by atoms with Crippen molar-refractivity contribution in [1.82, 2.24) is 4.72 Å². The highest BCUT2D eigenvalue weighted by Gasteiger charge is 2.20. The standard InChI is InChI=1S/C17H18FNO6S/c1-24-14-5-3-4-11(16(14)25-2)8-9-19-26(22,23)15-10-12(17(20)21)6-7-13(15)18/h3-7,10,19H,8-9H2,1-2H3,(H,20,21)/p-1. The molecule has 0 aliphatic heterocycles. The average Bonchev–Trinajstić information content (AvgIpc) is 2.61. The summed E-state index contributed by atoms with van der Waals surface area (Å²) in [6, 6.07) is 7.60. The molecule has 0 bridgehead atoms. The summed E-state index contributed by atoms with van der Waals surface area (Å²) in [5.74, 6) is -1.68. The largest absolute Gasteiger partial charge is 0.545 e. The summed E-state index contributed by atoms with van der Waals surface area (Å²) in [5.41, 5.74) is 0.264. The Kier molecular flexibility index (Phi) is 6.17. The first-order chi connectivity index (χ1) is 12.3. The van der Waals surface area contributed by atoms with Crippen LogP contribution in [0.15, 0.2) is 41.3 Å². The molecule has 26 heavy (non-hydrogen) atoms. The second-order valence-corrected chi connectivity index (χ2v) is 6.97. The van der Waals surface area contributed by atoms with Gasteiger partial charge in [-0.25, -0.2) is 17.5 Å². The lowest BCUT2D eigenvalue weighted by Gasteiger charge is -2.13. The van der Waals surface area contributed by atoms with Gasteiger partial charge in [0.05, 0.1) is 20.2 Å². The summed E-state index contributed by atoms with van der Waals surface area (Å²) in [6.45, 7) is -0.0547. The van der Waals surface area contributed by atoms with Gasteiger partial charge in [-0.15, -0.1) is 0 Å². The second kappa shape index (κ2) is 8.15. The van der Waals surface area contributed by atoms with E-state index in [4.69, 9.17) is 9.47 Å². The van der Waals surface area contributed by atoms with Gasteiger partial charge in [-0.1, -0.05) is 18.2 Å². The number of rotatable bonds is 8. The van der Waals surface area contributed by atoms with Crippen LogP contribution in [0.25, 0.3) is 0 Å². The highest BCUT2D eigenvalue weighted by Crippen LogP contribution is 2.30. The summed E-state index contributed by atoms with van der Waals surface area (Å²) in [6.07, 6.45) is 0.251. The quantitative estimate of drug-likeness (QED) is 0.722. The molecule has 0 unspecified atom stereocenters. The number of sulfonamides is 1. The van der Waals surface area contributed by atoms with Crippen LogP contribution in [0.3, 0.4) is 0 Å². The normalized spacial score (nSPS) is 11.2. The summed E-state index contributed by atoms with van der Waals surface area (Å²) in [7, 11) is -1.29. The van der Waals surface area contributed by atoms with Gasteiger partial charge in [-0.3, -0.25) is 0 Å². The highest BCUT2D eigenvalue weighted by atomic mass is 32.2. The fourth-order valence-electron chi connectivity index (χ4n) is 2.38. The molecule has 2 rings (SSSR count). The second-order valence-electron chi connectivity index (χ2n) is 5.23. The molecule has 0 aliphatic rings. The smallest absolute Gasteiger partial charge is 0.243 e. The van der Waals surface area contributed by atoms with Crippen LogP contribution < -0.4 is 19.3 Å². The number of hydrogen-bond acceptors (Lipinski definition) is 6. The summed E-state index contributed by atoms with van der Waals surface area (Å²) in [4.78, 5) is 10.1. The van der Waals surface area contributed by atoms with Gasteiger partial charge in [0, 0.05) is 6.54 Å². The van der Waals surface area contributed by atoms with Crippen molar-refractivity contribution >= 4 is 16.0 Å². The van der Waals surface area contributed by atoms with Gasteiger partial charge in [0.15, 0.2) is 11.5 Å². The predicted molar refractivity (Wildman–Crippen MR) is 89.2 cm³/mol. The number of halogens is 1. The van der Waals surface area contributed by atoms with E-state index in [-0.39, 0.29) is 13.0 Å². The van der Waals surface area contributed by atoms with E-state index in [9.17, 15) is 22.7 Å². The number of carboxylic acid groups (broad SMARTS) is 1. The van der Waals surface area contributed by atoms with Crippen LogP contribution in [0.2, 0.25) is 0 Å². The third kappa shape index (κ3) is 4.30.